The number of amides is 1. The van der Waals surface area contributed by atoms with Crippen LogP contribution in [0.1, 0.15) is 21.9 Å². The lowest BCUT2D eigenvalue weighted by Crippen LogP contribution is -2.21. The fourth-order valence-electron chi connectivity index (χ4n) is 2.12. The lowest BCUT2D eigenvalue weighted by Gasteiger charge is -2.11. The number of carbonyl (C=O) groups is 1. The van der Waals surface area contributed by atoms with E-state index >= 15 is 0 Å². The second kappa shape index (κ2) is 6.82. The van der Waals surface area contributed by atoms with E-state index in [9.17, 15) is 18.0 Å². The van der Waals surface area contributed by atoms with E-state index in [2.05, 4.69) is 30.2 Å². The average molecular weight is 360 g/mol. The summed E-state index contributed by atoms with van der Waals surface area (Å²) in [6, 6.07) is 6.97. The smallest absolute Gasteiger partial charge is 0.289 e. The van der Waals surface area contributed by atoms with Gasteiger partial charge in [-0.3, -0.25) is 20.1 Å². The van der Waals surface area contributed by atoms with Crippen molar-refractivity contribution in [3.63, 3.8) is 0 Å². The number of carbonyl (C=O) groups excluding carboxylic acids is 1. The molecule has 3 heterocycles. The Kier molecular flexibility index (Phi) is 4.57. The van der Waals surface area contributed by atoms with Gasteiger partial charge in [-0.25, -0.2) is 4.98 Å². The zero-order valence-corrected chi connectivity index (χ0v) is 13.3. The Hall–Kier alpha value is -3.43. The maximum atomic E-state index is 13.0. The molecule has 0 saturated heterocycles. The van der Waals surface area contributed by atoms with E-state index in [0.717, 1.165) is 18.3 Å². The third-order valence-electron chi connectivity index (χ3n) is 3.19. The quantitative estimate of drug-likeness (QED) is 0.772. The first-order chi connectivity index (χ1) is 12.3. The molecule has 26 heavy (non-hydrogen) atoms. The fourth-order valence-corrected chi connectivity index (χ4v) is 2.12. The number of nitrogens with zero attached hydrogens (tertiary/aromatic N) is 5. The molecule has 0 saturated carbocycles. The summed E-state index contributed by atoms with van der Waals surface area (Å²) in [4.78, 5) is 31.9. The van der Waals surface area contributed by atoms with Crippen molar-refractivity contribution in [3.05, 3.63) is 59.8 Å². The van der Waals surface area contributed by atoms with Crippen molar-refractivity contribution in [2.75, 3.05) is 5.32 Å². The number of aryl methyl sites for hydroxylation is 1. The van der Waals surface area contributed by atoms with Crippen LogP contribution in [0.3, 0.4) is 0 Å². The first kappa shape index (κ1) is 17.4. The van der Waals surface area contributed by atoms with E-state index < -0.39 is 23.3 Å². The third-order valence-corrected chi connectivity index (χ3v) is 3.19. The zero-order valence-electron chi connectivity index (χ0n) is 13.3. The second-order valence-electron chi connectivity index (χ2n) is 5.10. The molecular formula is C16H11F3N6O. The molecule has 1 amide bonds. The Morgan fingerprint density at radius 1 is 1.00 bits per heavy atom. The Morgan fingerprint density at radius 3 is 2.46 bits per heavy atom. The van der Waals surface area contributed by atoms with Gasteiger partial charge in [0.2, 0.25) is 5.95 Å². The van der Waals surface area contributed by atoms with Crippen molar-refractivity contribution >= 4 is 11.9 Å². The Balaban J connectivity index is 1.93. The number of hydrogen-bond acceptors (Lipinski definition) is 6. The van der Waals surface area contributed by atoms with Crippen LogP contribution in [0.25, 0.3) is 11.5 Å². The molecule has 7 nitrogen and oxygen atoms in total. The number of anilines is 1. The van der Waals surface area contributed by atoms with E-state index in [1.54, 1.807) is 25.1 Å². The molecule has 0 fully saturated rings. The standard InChI is InChI=1S/C16H11F3N6O/c1-9-22-13(11-6-2-3-7-20-11)24-15(23-9)25-14(26)12-10(16(17,18)19)5-4-8-21-12/h2-8H,1H3,(H,22,23,24,25,26). The van der Waals surface area contributed by atoms with Crippen LogP contribution < -0.4 is 5.32 Å². The van der Waals surface area contributed by atoms with Crippen molar-refractivity contribution in [3.8, 4) is 11.5 Å². The van der Waals surface area contributed by atoms with Crippen LogP contribution in [0.4, 0.5) is 19.1 Å². The number of alkyl halides is 3. The highest BCUT2D eigenvalue weighted by Crippen LogP contribution is 2.31. The monoisotopic (exact) mass is 360 g/mol. The predicted octanol–water partition coefficient (Wildman–Crippen LogP) is 2.91. The van der Waals surface area contributed by atoms with Crippen molar-refractivity contribution < 1.29 is 18.0 Å². The van der Waals surface area contributed by atoms with Crippen molar-refractivity contribution in [1.82, 2.24) is 24.9 Å². The summed E-state index contributed by atoms with van der Waals surface area (Å²) in [5.74, 6) is -0.809. The van der Waals surface area contributed by atoms with E-state index in [1.807, 2.05) is 0 Å². The molecule has 0 aliphatic heterocycles. The molecule has 0 atom stereocenters. The predicted molar refractivity (Wildman–Crippen MR) is 85.0 cm³/mol. The largest absolute Gasteiger partial charge is 0.418 e. The van der Waals surface area contributed by atoms with Gasteiger partial charge in [0.05, 0.1) is 5.56 Å². The topological polar surface area (TPSA) is 93.6 Å². The number of pyridine rings is 2. The average Bonchev–Trinajstić information content (AvgIpc) is 2.61. The molecule has 0 bridgehead atoms. The summed E-state index contributed by atoms with van der Waals surface area (Å²) in [5.41, 5.74) is -1.48. The maximum Gasteiger partial charge on any atom is 0.418 e. The van der Waals surface area contributed by atoms with Crippen molar-refractivity contribution in [2.45, 2.75) is 13.1 Å². The molecule has 132 valence electrons. The molecule has 3 aromatic heterocycles. The molecule has 3 aromatic rings. The molecule has 0 unspecified atom stereocenters. The Labute approximate surface area is 145 Å². The lowest BCUT2D eigenvalue weighted by atomic mass is 10.2. The van der Waals surface area contributed by atoms with Crippen molar-refractivity contribution in [2.24, 2.45) is 0 Å². The summed E-state index contributed by atoms with van der Waals surface area (Å²) in [6.07, 6.45) is -2.08. The van der Waals surface area contributed by atoms with E-state index in [0.29, 0.717) is 5.69 Å². The van der Waals surface area contributed by atoms with Gasteiger partial charge in [-0.15, -0.1) is 0 Å². The molecule has 0 radical (unpaired) electrons. The Bertz CT molecular complexity index is 946. The summed E-state index contributed by atoms with van der Waals surface area (Å²) in [7, 11) is 0. The SMILES string of the molecule is Cc1nc(NC(=O)c2ncccc2C(F)(F)F)nc(-c2ccccn2)n1. The van der Waals surface area contributed by atoms with Crippen LogP contribution >= 0.6 is 0 Å². The van der Waals surface area contributed by atoms with Gasteiger partial charge < -0.3 is 0 Å². The van der Waals surface area contributed by atoms with Crippen LogP contribution in [0.2, 0.25) is 0 Å². The highest BCUT2D eigenvalue weighted by atomic mass is 19.4. The van der Waals surface area contributed by atoms with Gasteiger partial charge in [-0.2, -0.15) is 23.1 Å². The third kappa shape index (κ3) is 3.79. The van der Waals surface area contributed by atoms with Crippen LogP contribution in [0.5, 0.6) is 0 Å². The fraction of sp³-hybridized carbons (Fsp3) is 0.125. The van der Waals surface area contributed by atoms with Gasteiger partial charge in [0, 0.05) is 12.4 Å². The van der Waals surface area contributed by atoms with Crippen LogP contribution in [0.15, 0.2) is 42.7 Å². The number of hydrogen-bond donors (Lipinski definition) is 1. The van der Waals surface area contributed by atoms with Crippen molar-refractivity contribution in [1.29, 1.82) is 0 Å². The molecule has 0 aliphatic carbocycles. The van der Waals surface area contributed by atoms with Gasteiger partial charge in [0.25, 0.3) is 5.91 Å². The molecule has 10 heteroatoms. The Morgan fingerprint density at radius 2 is 1.77 bits per heavy atom. The highest BCUT2D eigenvalue weighted by molar-refractivity contribution is 6.03. The molecule has 3 rings (SSSR count). The highest BCUT2D eigenvalue weighted by Gasteiger charge is 2.36. The number of rotatable bonds is 3. The van der Waals surface area contributed by atoms with Gasteiger partial charge in [0.1, 0.15) is 17.2 Å². The molecule has 0 aromatic carbocycles. The molecule has 1 N–H and O–H groups in total. The molecule has 0 aliphatic rings. The van der Waals surface area contributed by atoms with Gasteiger partial charge in [0.15, 0.2) is 5.82 Å². The first-order valence-electron chi connectivity index (χ1n) is 7.32. The summed E-state index contributed by atoms with van der Waals surface area (Å²) in [6.45, 7) is 1.56. The van der Waals surface area contributed by atoms with Crippen LogP contribution in [-0.2, 0) is 6.18 Å². The zero-order chi connectivity index (χ0) is 18.7. The normalized spacial score (nSPS) is 11.2. The molecule has 0 spiro atoms. The van der Waals surface area contributed by atoms with Gasteiger partial charge in [-0.1, -0.05) is 6.07 Å². The van der Waals surface area contributed by atoms with E-state index in [1.165, 1.54) is 6.20 Å². The molecular weight excluding hydrogens is 349 g/mol. The summed E-state index contributed by atoms with van der Waals surface area (Å²) in [5, 5.41) is 2.23. The van der Waals surface area contributed by atoms with Gasteiger partial charge >= 0.3 is 6.18 Å². The minimum Gasteiger partial charge on any atom is -0.289 e. The minimum atomic E-state index is -4.71. The van der Waals surface area contributed by atoms with Crippen LogP contribution in [-0.4, -0.2) is 30.8 Å². The van der Waals surface area contributed by atoms with Crippen LogP contribution in [0, 0.1) is 6.92 Å². The summed E-state index contributed by atoms with van der Waals surface area (Å²) >= 11 is 0. The minimum absolute atomic E-state index is 0.186. The summed E-state index contributed by atoms with van der Waals surface area (Å²) < 4.78 is 39.1. The van der Waals surface area contributed by atoms with Gasteiger partial charge in [-0.05, 0) is 31.2 Å². The number of aromatic nitrogens is 5. The lowest BCUT2D eigenvalue weighted by molar-refractivity contribution is -0.138. The number of nitrogens with one attached hydrogen (secondary N) is 1. The van der Waals surface area contributed by atoms with E-state index in [4.69, 9.17) is 0 Å². The second-order valence-corrected chi connectivity index (χ2v) is 5.10. The van der Waals surface area contributed by atoms with E-state index in [-0.39, 0.29) is 17.6 Å². The maximum absolute atomic E-state index is 13.0. The number of halogens is 3. The first-order valence-corrected chi connectivity index (χ1v) is 7.32.